The first-order chi connectivity index (χ1) is 14.5. The molecule has 1 unspecified atom stereocenters. The minimum Gasteiger partial charge on any atom is -0.484 e. The number of carbonyl (C=O) groups is 2. The highest BCUT2D eigenvalue weighted by atomic mass is 16.6. The first kappa shape index (κ1) is 20.1. The summed E-state index contributed by atoms with van der Waals surface area (Å²) in [5.41, 5.74) is 0. The van der Waals surface area contributed by atoms with Gasteiger partial charge in [0.05, 0.1) is 12.9 Å². The smallest absolute Gasteiger partial charge is 0.281 e. The number of nitrogens with one attached hydrogen (secondary N) is 1. The van der Waals surface area contributed by atoms with Crippen LogP contribution in [0.2, 0.25) is 0 Å². The second kappa shape index (κ2) is 8.28. The van der Waals surface area contributed by atoms with E-state index in [1.807, 2.05) is 6.07 Å². The van der Waals surface area contributed by atoms with Crippen LogP contribution in [0.5, 0.6) is 5.75 Å². The van der Waals surface area contributed by atoms with E-state index >= 15 is 0 Å². The van der Waals surface area contributed by atoms with Gasteiger partial charge >= 0.3 is 0 Å². The number of aliphatic hydroxyl groups excluding tert-OH is 3. The van der Waals surface area contributed by atoms with Gasteiger partial charge < -0.3 is 24.8 Å². The summed E-state index contributed by atoms with van der Waals surface area (Å²) >= 11 is 0. The Kier molecular flexibility index (Phi) is 5.55. The van der Waals surface area contributed by atoms with Crippen molar-refractivity contribution in [1.29, 1.82) is 0 Å². The van der Waals surface area contributed by atoms with Crippen molar-refractivity contribution in [3.8, 4) is 5.75 Å². The van der Waals surface area contributed by atoms with Crippen LogP contribution in [-0.2, 0) is 14.3 Å². The van der Waals surface area contributed by atoms with Crippen molar-refractivity contribution in [1.82, 2.24) is 10.2 Å². The van der Waals surface area contributed by atoms with Gasteiger partial charge in [0.15, 0.2) is 24.7 Å². The zero-order valence-corrected chi connectivity index (χ0v) is 15.5. The lowest BCUT2D eigenvalue weighted by atomic mass is 10.1. The largest absolute Gasteiger partial charge is 0.484 e. The number of rotatable bonds is 5. The number of hydrogen-bond donors (Lipinski definition) is 4. The van der Waals surface area contributed by atoms with Crippen molar-refractivity contribution < 1.29 is 34.4 Å². The molecule has 0 radical (unpaired) electrons. The quantitative estimate of drug-likeness (QED) is 0.412. The van der Waals surface area contributed by atoms with Crippen LogP contribution >= 0.6 is 0 Å². The number of para-hydroxylation sites is 1. The van der Waals surface area contributed by atoms with E-state index in [1.165, 1.54) is 11.2 Å². The molecule has 1 saturated heterocycles. The number of nitrogens with zero attached hydrogens (tertiary/aromatic N) is 4. The second-order valence-corrected chi connectivity index (χ2v) is 6.70. The highest BCUT2D eigenvalue weighted by Crippen LogP contribution is 2.27. The van der Waals surface area contributed by atoms with Crippen molar-refractivity contribution in [2.75, 3.05) is 13.2 Å². The highest BCUT2D eigenvalue weighted by Gasteiger charge is 2.49. The normalized spacial score (nSPS) is 30.0. The summed E-state index contributed by atoms with van der Waals surface area (Å²) in [6.45, 7) is -0.820. The minimum absolute atomic E-state index is 0.0733. The molecule has 12 nitrogen and oxygen atoms in total. The predicted molar refractivity (Wildman–Crippen MR) is 102 cm³/mol. The summed E-state index contributed by atoms with van der Waals surface area (Å²) in [6, 6.07) is 7.66. The summed E-state index contributed by atoms with van der Waals surface area (Å²) in [6.07, 6.45) is -3.58. The Balaban J connectivity index is 1.44. The van der Waals surface area contributed by atoms with E-state index < -0.39 is 49.0 Å². The number of guanidine groups is 1. The molecule has 1 aromatic carbocycles. The standard InChI is InChI=1S/C18H19N5O7/c24-6-10-13(26)14(27)17(30-10)23-8-19-12-15(23)21-18(22-16(12)28)20-11(25)7-29-9-4-2-1-3-5-9/h1-5,8,10,12-14,17,24,26-27H,6-7H2,(H,20,22,25,28)/t10-,12?,13-,14-,17-/m1/s1. The first-order valence-electron chi connectivity index (χ1n) is 9.11. The highest BCUT2D eigenvalue weighted by molar-refractivity contribution is 6.23. The molecule has 3 aliphatic rings. The van der Waals surface area contributed by atoms with Gasteiger partial charge in [-0.05, 0) is 12.1 Å². The van der Waals surface area contributed by atoms with Gasteiger partial charge in [0.2, 0.25) is 5.96 Å². The molecule has 0 saturated carbocycles. The van der Waals surface area contributed by atoms with Crippen LogP contribution in [-0.4, -0.2) is 94.0 Å². The number of ether oxygens (including phenoxy) is 2. The summed E-state index contributed by atoms with van der Waals surface area (Å²) < 4.78 is 10.8. The van der Waals surface area contributed by atoms with Gasteiger partial charge in [0.25, 0.3) is 11.8 Å². The van der Waals surface area contributed by atoms with Gasteiger partial charge in [-0.3, -0.25) is 24.8 Å². The molecule has 3 heterocycles. The van der Waals surface area contributed by atoms with Crippen LogP contribution in [0, 0.1) is 0 Å². The Morgan fingerprint density at radius 1 is 1.20 bits per heavy atom. The summed E-state index contributed by atoms with van der Waals surface area (Å²) in [5, 5.41) is 31.8. The predicted octanol–water partition coefficient (Wildman–Crippen LogP) is -2.37. The first-order valence-corrected chi connectivity index (χ1v) is 9.11. The van der Waals surface area contributed by atoms with E-state index in [9.17, 15) is 24.9 Å². The number of hydrogen-bond acceptors (Lipinski definition) is 10. The fourth-order valence-corrected chi connectivity index (χ4v) is 3.19. The zero-order valence-electron chi connectivity index (χ0n) is 15.5. The van der Waals surface area contributed by atoms with E-state index in [0.29, 0.717) is 5.75 Å². The van der Waals surface area contributed by atoms with Crippen molar-refractivity contribution in [2.45, 2.75) is 30.6 Å². The third-order valence-electron chi connectivity index (χ3n) is 4.68. The van der Waals surface area contributed by atoms with E-state index in [1.54, 1.807) is 24.3 Å². The summed E-state index contributed by atoms with van der Waals surface area (Å²) in [4.78, 5) is 37.6. The lowest BCUT2D eigenvalue weighted by Gasteiger charge is -2.27. The fourth-order valence-electron chi connectivity index (χ4n) is 3.19. The van der Waals surface area contributed by atoms with Crippen LogP contribution in [0.25, 0.3) is 0 Å². The molecular weight excluding hydrogens is 398 g/mol. The number of amides is 2. The van der Waals surface area contributed by atoms with Crippen LogP contribution in [0.15, 0.2) is 45.3 Å². The molecular formula is C18H19N5O7. The molecule has 0 aliphatic carbocycles. The van der Waals surface area contributed by atoms with Crippen LogP contribution < -0.4 is 10.1 Å². The molecule has 4 N–H and O–H groups in total. The zero-order chi connectivity index (χ0) is 21.3. The number of carbonyl (C=O) groups excluding carboxylic acids is 2. The minimum atomic E-state index is -1.37. The molecule has 12 heteroatoms. The Hall–Kier alpha value is -3.19. The second-order valence-electron chi connectivity index (χ2n) is 6.70. The maximum Gasteiger partial charge on any atom is 0.281 e. The van der Waals surface area contributed by atoms with Crippen LogP contribution in [0.4, 0.5) is 0 Å². The third-order valence-corrected chi connectivity index (χ3v) is 4.68. The SMILES string of the molecule is O=C(COc1ccccc1)NC1=NC(=O)C2N=CN([C@@H]3O[C@H](CO)[C@@H](O)[C@H]3O)C2=N1. The van der Waals surface area contributed by atoms with E-state index in [-0.39, 0.29) is 18.4 Å². The van der Waals surface area contributed by atoms with E-state index in [2.05, 4.69) is 20.3 Å². The number of benzene rings is 1. The molecule has 158 valence electrons. The van der Waals surface area contributed by atoms with Crippen molar-refractivity contribution >= 4 is 29.9 Å². The maximum atomic E-state index is 12.3. The molecule has 0 bridgehead atoms. The van der Waals surface area contributed by atoms with Crippen molar-refractivity contribution in [3.05, 3.63) is 30.3 Å². The molecule has 3 aliphatic heterocycles. The summed E-state index contributed by atoms with van der Waals surface area (Å²) in [5.74, 6) is -0.920. The van der Waals surface area contributed by atoms with Gasteiger partial charge in [-0.15, -0.1) is 0 Å². The lowest BCUT2D eigenvalue weighted by molar-refractivity contribution is -0.121. The van der Waals surface area contributed by atoms with E-state index in [0.717, 1.165) is 0 Å². The monoisotopic (exact) mass is 417 g/mol. The molecule has 0 aromatic heterocycles. The Morgan fingerprint density at radius 2 is 1.97 bits per heavy atom. The van der Waals surface area contributed by atoms with Gasteiger partial charge in [-0.1, -0.05) is 18.2 Å². The van der Waals surface area contributed by atoms with E-state index in [4.69, 9.17) is 9.47 Å². The Bertz CT molecular complexity index is 919. The topological polar surface area (TPSA) is 166 Å². The average Bonchev–Trinajstić information content (AvgIpc) is 3.29. The lowest BCUT2D eigenvalue weighted by Crippen LogP contribution is -2.50. The number of amidine groups is 1. The van der Waals surface area contributed by atoms with Crippen LogP contribution in [0.1, 0.15) is 0 Å². The van der Waals surface area contributed by atoms with Gasteiger partial charge in [0, 0.05) is 0 Å². The molecule has 1 aromatic rings. The average molecular weight is 417 g/mol. The number of aliphatic hydroxyl groups is 3. The molecule has 4 rings (SSSR count). The molecule has 30 heavy (non-hydrogen) atoms. The Morgan fingerprint density at radius 3 is 2.67 bits per heavy atom. The molecule has 5 atom stereocenters. The molecule has 2 amide bonds. The molecule has 1 fully saturated rings. The number of fused-ring (bicyclic) bond motifs is 1. The fraction of sp³-hybridized carbons (Fsp3) is 0.389. The maximum absolute atomic E-state index is 12.3. The van der Waals surface area contributed by atoms with Gasteiger partial charge in [-0.2, -0.15) is 9.98 Å². The number of aliphatic imine (C=N–C) groups is 3. The van der Waals surface area contributed by atoms with Gasteiger partial charge in [0.1, 0.15) is 24.1 Å². The van der Waals surface area contributed by atoms with Crippen molar-refractivity contribution in [3.63, 3.8) is 0 Å². The van der Waals surface area contributed by atoms with Crippen LogP contribution in [0.3, 0.4) is 0 Å². The summed E-state index contributed by atoms with van der Waals surface area (Å²) in [7, 11) is 0. The molecule has 0 spiro atoms. The van der Waals surface area contributed by atoms with Gasteiger partial charge in [-0.25, -0.2) is 0 Å². The third kappa shape index (κ3) is 3.80. The Labute approximate surface area is 170 Å². The van der Waals surface area contributed by atoms with Crippen molar-refractivity contribution in [2.24, 2.45) is 15.0 Å².